The summed E-state index contributed by atoms with van der Waals surface area (Å²) >= 11 is 0. The summed E-state index contributed by atoms with van der Waals surface area (Å²) in [7, 11) is 0. The number of pyridine rings is 1. The summed E-state index contributed by atoms with van der Waals surface area (Å²) in [5.74, 6) is -1.26. The van der Waals surface area contributed by atoms with Gasteiger partial charge >= 0.3 is 5.97 Å². The first kappa shape index (κ1) is 13.0. The second-order valence-electron chi connectivity index (χ2n) is 3.88. The van der Waals surface area contributed by atoms with E-state index in [0.29, 0.717) is 12.2 Å². The number of para-hydroxylation sites is 1. The third-order valence-corrected chi connectivity index (χ3v) is 2.73. The predicted molar refractivity (Wildman–Crippen MR) is 70.3 cm³/mol. The molecule has 0 unspecified atom stereocenters. The van der Waals surface area contributed by atoms with Gasteiger partial charge in [-0.15, -0.1) is 0 Å². The van der Waals surface area contributed by atoms with Crippen LogP contribution in [0.4, 0.5) is 15.9 Å². The molecule has 0 atom stereocenters. The van der Waals surface area contributed by atoms with Crippen LogP contribution in [0.2, 0.25) is 0 Å². The van der Waals surface area contributed by atoms with E-state index >= 15 is 0 Å². The Balaban J connectivity index is 2.55. The number of carboxylic acid groups (broad SMARTS) is 1. The Bertz CT molecular complexity index is 602. The number of nitrogens with zero attached hydrogens (tertiary/aromatic N) is 2. The molecular formula is C14H13FN2O2. The molecule has 0 radical (unpaired) electrons. The molecule has 2 rings (SSSR count). The highest BCUT2D eigenvalue weighted by molar-refractivity contribution is 5.94. The van der Waals surface area contributed by atoms with Crippen LogP contribution in [-0.2, 0) is 0 Å². The van der Waals surface area contributed by atoms with Gasteiger partial charge < -0.3 is 10.0 Å². The summed E-state index contributed by atoms with van der Waals surface area (Å²) < 4.78 is 13.8. The summed E-state index contributed by atoms with van der Waals surface area (Å²) in [5, 5.41) is 9.17. The fourth-order valence-electron chi connectivity index (χ4n) is 1.88. The monoisotopic (exact) mass is 260 g/mol. The molecule has 2 aromatic rings. The van der Waals surface area contributed by atoms with Gasteiger partial charge in [-0.05, 0) is 31.2 Å². The normalized spacial score (nSPS) is 10.2. The van der Waals surface area contributed by atoms with Crippen LogP contribution in [0.25, 0.3) is 0 Å². The van der Waals surface area contributed by atoms with Crippen molar-refractivity contribution in [3.63, 3.8) is 0 Å². The number of halogens is 1. The summed E-state index contributed by atoms with van der Waals surface area (Å²) in [6.45, 7) is 2.23. The Labute approximate surface area is 110 Å². The quantitative estimate of drug-likeness (QED) is 0.917. The van der Waals surface area contributed by atoms with Crippen molar-refractivity contribution in [2.45, 2.75) is 6.92 Å². The molecule has 0 spiro atoms. The van der Waals surface area contributed by atoms with Crippen LogP contribution in [0, 0.1) is 5.82 Å². The maximum absolute atomic E-state index is 13.8. The van der Waals surface area contributed by atoms with Crippen LogP contribution in [0.1, 0.15) is 17.3 Å². The molecule has 1 heterocycles. The summed E-state index contributed by atoms with van der Waals surface area (Å²) in [5.41, 5.74) is 0.360. The number of aromatic nitrogens is 1. The van der Waals surface area contributed by atoms with Crippen LogP contribution in [-0.4, -0.2) is 22.6 Å². The van der Waals surface area contributed by atoms with Crippen molar-refractivity contribution in [1.29, 1.82) is 0 Å². The number of benzene rings is 1. The number of hydrogen-bond acceptors (Lipinski definition) is 3. The van der Waals surface area contributed by atoms with E-state index in [0.717, 1.165) is 0 Å². The number of anilines is 2. The Morgan fingerprint density at radius 2 is 2.05 bits per heavy atom. The standard InChI is InChI=1S/C14H13FN2O2/c1-2-17(12-8-4-3-7-11(12)15)13-10(14(18)19)6-5-9-16-13/h3-9H,2H2,1H3,(H,18,19). The fourth-order valence-corrected chi connectivity index (χ4v) is 1.88. The second kappa shape index (κ2) is 5.48. The first-order chi connectivity index (χ1) is 9.15. The molecule has 98 valence electrons. The first-order valence-corrected chi connectivity index (χ1v) is 5.85. The lowest BCUT2D eigenvalue weighted by Gasteiger charge is -2.23. The summed E-state index contributed by atoms with van der Waals surface area (Å²) in [6, 6.07) is 9.21. The van der Waals surface area contributed by atoms with Crippen molar-refractivity contribution in [3.05, 3.63) is 54.0 Å². The lowest BCUT2D eigenvalue weighted by atomic mass is 10.2. The Morgan fingerprint density at radius 1 is 1.32 bits per heavy atom. The molecule has 4 nitrogen and oxygen atoms in total. The van der Waals surface area contributed by atoms with Gasteiger partial charge in [0.25, 0.3) is 0 Å². The zero-order valence-electron chi connectivity index (χ0n) is 10.4. The average Bonchev–Trinajstić information content (AvgIpc) is 2.42. The van der Waals surface area contributed by atoms with Gasteiger partial charge in [-0.2, -0.15) is 0 Å². The van der Waals surface area contributed by atoms with Gasteiger partial charge in [-0.1, -0.05) is 12.1 Å². The van der Waals surface area contributed by atoms with Crippen LogP contribution >= 0.6 is 0 Å². The van der Waals surface area contributed by atoms with Crippen LogP contribution in [0.15, 0.2) is 42.6 Å². The highest BCUT2D eigenvalue weighted by Crippen LogP contribution is 2.28. The van der Waals surface area contributed by atoms with Crippen molar-refractivity contribution in [1.82, 2.24) is 4.98 Å². The number of aromatic carboxylic acids is 1. The van der Waals surface area contributed by atoms with Gasteiger partial charge in [0.05, 0.1) is 5.69 Å². The molecule has 0 aliphatic heterocycles. The molecule has 1 aromatic carbocycles. The molecule has 0 aliphatic rings. The van der Waals surface area contributed by atoms with Crippen LogP contribution < -0.4 is 4.90 Å². The molecule has 19 heavy (non-hydrogen) atoms. The van der Waals surface area contributed by atoms with Crippen LogP contribution in [0.3, 0.4) is 0 Å². The van der Waals surface area contributed by atoms with Crippen molar-refractivity contribution in [2.75, 3.05) is 11.4 Å². The van der Waals surface area contributed by atoms with Gasteiger partial charge in [0.1, 0.15) is 17.2 Å². The molecule has 1 N–H and O–H groups in total. The minimum Gasteiger partial charge on any atom is -0.478 e. The zero-order chi connectivity index (χ0) is 13.8. The van der Waals surface area contributed by atoms with Gasteiger partial charge in [0, 0.05) is 12.7 Å². The van der Waals surface area contributed by atoms with Gasteiger partial charge in [-0.3, -0.25) is 0 Å². The molecule has 0 fully saturated rings. The van der Waals surface area contributed by atoms with E-state index in [1.54, 1.807) is 29.2 Å². The lowest BCUT2D eigenvalue weighted by molar-refractivity contribution is 0.0697. The van der Waals surface area contributed by atoms with E-state index in [1.807, 2.05) is 6.92 Å². The lowest BCUT2D eigenvalue weighted by Crippen LogP contribution is -2.21. The van der Waals surface area contributed by atoms with Crippen molar-refractivity contribution in [3.8, 4) is 0 Å². The Kier molecular flexibility index (Phi) is 3.75. The van der Waals surface area contributed by atoms with Gasteiger partial charge in [-0.25, -0.2) is 14.2 Å². The van der Waals surface area contributed by atoms with E-state index in [-0.39, 0.29) is 11.4 Å². The average molecular weight is 260 g/mol. The van der Waals surface area contributed by atoms with Gasteiger partial charge in [0.15, 0.2) is 0 Å². The third-order valence-electron chi connectivity index (χ3n) is 2.73. The molecule has 0 bridgehead atoms. The predicted octanol–water partition coefficient (Wildman–Crippen LogP) is 3.08. The summed E-state index contributed by atoms with van der Waals surface area (Å²) in [4.78, 5) is 16.8. The SMILES string of the molecule is CCN(c1ccccc1F)c1ncccc1C(=O)O. The Morgan fingerprint density at radius 3 is 2.68 bits per heavy atom. The number of carboxylic acids is 1. The molecule has 0 aliphatic carbocycles. The summed E-state index contributed by atoms with van der Waals surface area (Å²) in [6.07, 6.45) is 1.49. The maximum Gasteiger partial charge on any atom is 0.339 e. The van der Waals surface area contributed by atoms with E-state index in [1.165, 1.54) is 18.3 Å². The Hall–Kier alpha value is -2.43. The number of rotatable bonds is 4. The highest BCUT2D eigenvalue weighted by atomic mass is 19.1. The smallest absolute Gasteiger partial charge is 0.339 e. The van der Waals surface area contributed by atoms with E-state index < -0.39 is 11.8 Å². The fraction of sp³-hybridized carbons (Fsp3) is 0.143. The molecule has 0 saturated heterocycles. The minimum absolute atomic E-state index is 0.0487. The van der Waals surface area contributed by atoms with Crippen molar-refractivity contribution in [2.24, 2.45) is 0 Å². The third kappa shape index (κ3) is 2.54. The molecular weight excluding hydrogens is 247 g/mol. The number of hydrogen-bond donors (Lipinski definition) is 1. The maximum atomic E-state index is 13.8. The molecule has 1 aromatic heterocycles. The minimum atomic E-state index is -1.09. The first-order valence-electron chi connectivity index (χ1n) is 5.85. The zero-order valence-corrected chi connectivity index (χ0v) is 10.4. The largest absolute Gasteiger partial charge is 0.478 e. The van der Waals surface area contributed by atoms with E-state index in [4.69, 9.17) is 5.11 Å². The molecule has 0 amide bonds. The van der Waals surface area contributed by atoms with Crippen molar-refractivity contribution < 1.29 is 14.3 Å². The van der Waals surface area contributed by atoms with Gasteiger partial charge in [0.2, 0.25) is 0 Å². The highest BCUT2D eigenvalue weighted by Gasteiger charge is 2.19. The van der Waals surface area contributed by atoms with Crippen molar-refractivity contribution >= 4 is 17.5 Å². The topological polar surface area (TPSA) is 53.4 Å². The second-order valence-corrected chi connectivity index (χ2v) is 3.88. The number of carbonyl (C=O) groups is 1. The molecule has 0 saturated carbocycles. The molecule has 5 heteroatoms. The van der Waals surface area contributed by atoms with E-state index in [9.17, 15) is 9.18 Å². The van der Waals surface area contributed by atoms with Crippen LogP contribution in [0.5, 0.6) is 0 Å². The van der Waals surface area contributed by atoms with E-state index in [2.05, 4.69) is 4.98 Å².